The van der Waals surface area contributed by atoms with Crippen LogP contribution in [-0.2, 0) is 13.1 Å². The molecule has 2 N–H and O–H groups in total. The standard InChI is InChI=1S/C14H23N3O/c1-16-5-7-17(8-6-16)11-13-9-12(10-15)3-4-14(13)18-2/h3-4,9H,5-8,10-11,15H2,1-2H3. The Morgan fingerprint density at radius 3 is 2.56 bits per heavy atom. The van der Waals surface area contributed by atoms with Gasteiger partial charge in [0.25, 0.3) is 0 Å². The highest BCUT2D eigenvalue weighted by molar-refractivity contribution is 5.37. The van der Waals surface area contributed by atoms with Crippen molar-refractivity contribution in [3.05, 3.63) is 29.3 Å². The summed E-state index contributed by atoms with van der Waals surface area (Å²) in [6, 6.07) is 6.22. The van der Waals surface area contributed by atoms with Crippen LogP contribution >= 0.6 is 0 Å². The molecule has 0 unspecified atom stereocenters. The SMILES string of the molecule is COc1ccc(CN)cc1CN1CCN(C)CC1. The zero-order chi connectivity index (χ0) is 13.0. The van der Waals surface area contributed by atoms with Gasteiger partial charge in [0.15, 0.2) is 0 Å². The predicted molar refractivity (Wildman–Crippen MR) is 73.7 cm³/mol. The molecule has 1 aromatic carbocycles. The van der Waals surface area contributed by atoms with E-state index in [1.165, 1.54) is 11.1 Å². The van der Waals surface area contributed by atoms with E-state index in [4.69, 9.17) is 10.5 Å². The third-order valence-corrected chi connectivity index (χ3v) is 3.57. The fourth-order valence-electron chi connectivity index (χ4n) is 2.33. The maximum absolute atomic E-state index is 5.70. The normalized spacial score (nSPS) is 17.9. The first-order valence-electron chi connectivity index (χ1n) is 6.49. The summed E-state index contributed by atoms with van der Waals surface area (Å²) in [5, 5.41) is 0. The van der Waals surface area contributed by atoms with Crippen molar-refractivity contribution < 1.29 is 4.74 Å². The number of ether oxygens (including phenoxy) is 1. The molecule has 0 aromatic heterocycles. The molecule has 1 aromatic rings. The van der Waals surface area contributed by atoms with Crippen LogP contribution in [0.2, 0.25) is 0 Å². The monoisotopic (exact) mass is 249 g/mol. The van der Waals surface area contributed by atoms with Crippen LogP contribution in [-0.4, -0.2) is 50.1 Å². The van der Waals surface area contributed by atoms with Crippen molar-refractivity contribution in [1.29, 1.82) is 0 Å². The van der Waals surface area contributed by atoms with Gasteiger partial charge in [0.1, 0.15) is 5.75 Å². The molecule has 100 valence electrons. The molecule has 0 spiro atoms. The lowest BCUT2D eigenvalue weighted by atomic mass is 10.1. The molecular weight excluding hydrogens is 226 g/mol. The number of likely N-dealkylation sites (N-methyl/N-ethyl adjacent to an activating group) is 1. The lowest BCUT2D eigenvalue weighted by Crippen LogP contribution is -2.43. The van der Waals surface area contributed by atoms with Gasteiger partial charge in [-0.1, -0.05) is 6.07 Å². The van der Waals surface area contributed by atoms with Crippen molar-refractivity contribution in [2.24, 2.45) is 5.73 Å². The van der Waals surface area contributed by atoms with E-state index in [0.717, 1.165) is 38.5 Å². The van der Waals surface area contributed by atoms with Crippen molar-refractivity contribution in [2.75, 3.05) is 40.3 Å². The fraction of sp³-hybridized carbons (Fsp3) is 0.571. The Morgan fingerprint density at radius 2 is 1.94 bits per heavy atom. The molecule has 0 atom stereocenters. The summed E-state index contributed by atoms with van der Waals surface area (Å²) in [5.41, 5.74) is 8.11. The number of nitrogens with two attached hydrogens (primary N) is 1. The van der Waals surface area contributed by atoms with E-state index < -0.39 is 0 Å². The van der Waals surface area contributed by atoms with Gasteiger partial charge in [-0.15, -0.1) is 0 Å². The Kier molecular flexibility index (Phi) is 4.58. The maximum atomic E-state index is 5.70. The van der Waals surface area contributed by atoms with E-state index in [1.54, 1.807) is 7.11 Å². The highest BCUT2D eigenvalue weighted by atomic mass is 16.5. The zero-order valence-corrected chi connectivity index (χ0v) is 11.4. The number of hydrogen-bond donors (Lipinski definition) is 1. The minimum Gasteiger partial charge on any atom is -0.496 e. The Labute approximate surface area is 109 Å². The molecule has 18 heavy (non-hydrogen) atoms. The summed E-state index contributed by atoms with van der Waals surface area (Å²) >= 11 is 0. The smallest absolute Gasteiger partial charge is 0.123 e. The van der Waals surface area contributed by atoms with E-state index in [0.29, 0.717) is 6.54 Å². The molecule has 4 heteroatoms. The largest absolute Gasteiger partial charge is 0.496 e. The van der Waals surface area contributed by atoms with Crippen LogP contribution < -0.4 is 10.5 Å². The van der Waals surface area contributed by atoms with Crippen LogP contribution in [0.1, 0.15) is 11.1 Å². The van der Waals surface area contributed by atoms with Crippen molar-refractivity contribution in [3.63, 3.8) is 0 Å². The molecule has 1 fully saturated rings. The van der Waals surface area contributed by atoms with E-state index in [1.807, 2.05) is 12.1 Å². The number of piperazine rings is 1. The first-order chi connectivity index (χ1) is 8.72. The second-order valence-corrected chi connectivity index (χ2v) is 4.93. The van der Waals surface area contributed by atoms with Gasteiger partial charge in [-0.25, -0.2) is 0 Å². The van der Waals surface area contributed by atoms with Crippen LogP contribution in [0, 0.1) is 0 Å². The van der Waals surface area contributed by atoms with Crippen LogP contribution in [0.3, 0.4) is 0 Å². The third kappa shape index (κ3) is 3.22. The van der Waals surface area contributed by atoms with Gasteiger partial charge in [0, 0.05) is 44.8 Å². The Hall–Kier alpha value is -1.10. The van der Waals surface area contributed by atoms with Crippen molar-refractivity contribution in [3.8, 4) is 5.75 Å². The zero-order valence-electron chi connectivity index (χ0n) is 11.4. The molecule has 1 heterocycles. The Balaban J connectivity index is 2.07. The second-order valence-electron chi connectivity index (χ2n) is 4.93. The highest BCUT2D eigenvalue weighted by Crippen LogP contribution is 2.22. The molecule has 0 aliphatic carbocycles. The highest BCUT2D eigenvalue weighted by Gasteiger charge is 2.15. The average molecular weight is 249 g/mol. The molecule has 1 aliphatic rings. The summed E-state index contributed by atoms with van der Waals surface area (Å²) in [6.45, 7) is 6.04. The summed E-state index contributed by atoms with van der Waals surface area (Å²) in [5.74, 6) is 0.964. The quantitative estimate of drug-likeness (QED) is 0.861. The van der Waals surface area contributed by atoms with Crippen molar-refractivity contribution >= 4 is 0 Å². The molecule has 1 saturated heterocycles. The lowest BCUT2D eigenvalue weighted by Gasteiger charge is -2.32. The van der Waals surface area contributed by atoms with Gasteiger partial charge >= 0.3 is 0 Å². The minimum atomic E-state index is 0.583. The topological polar surface area (TPSA) is 41.7 Å². The number of hydrogen-bond acceptors (Lipinski definition) is 4. The summed E-state index contributed by atoms with van der Waals surface area (Å²) < 4.78 is 5.43. The van der Waals surface area contributed by atoms with Gasteiger partial charge in [-0.2, -0.15) is 0 Å². The maximum Gasteiger partial charge on any atom is 0.123 e. The molecule has 1 aliphatic heterocycles. The van der Waals surface area contributed by atoms with Gasteiger partial charge in [0.05, 0.1) is 7.11 Å². The molecular formula is C14H23N3O. The van der Waals surface area contributed by atoms with Gasteiger partial charge in [-0.05, 0) is 24.7 Å². The van der Waals surface area contributed by atoms with Gasteiger partial charge < -0.3 is 15.4 Å². The number of methoxy groups -OCH3 is 1. The summed E-state index contributed by atoms with van der Waals surface area (Å²) in [4.78, 5) is 4.84. The van der Waals surface area contributed by atoms with E-state index in [9.17, 15) is 0 Å². The Morgan fingerprint density at radius 1 is 1.22 bits per heavy atom. The average Bonchev–Trinajstić information content (AvgIpc) is 2.41. The predicted octanol–water partition coefficient (Wildman–Crippen LogP) is 0.901. The van der Waals surface area contributed by atoms with Crippen LogP contribution in [0.15, 0.2) is 18.2 Å². The third-order valence-electron chi connectivity index (χ3n) is 3.57. The van der Waals surface area contributed by atoms with Crippen LogP contribution in [0.4, 0.5) is 0 Å². The van der Waals surface area contributed by atoms with Crippen molar-refractivity contribution in [2.45, 2.75) is 13.1 Å². The van der Waals surface area contributed by atoms with Gasteiger partial charge in [-0.3, -0.25) is 4.90 Å². The van der Waals surface area contributed by atoms with E-state index in [2.05, 4.69) is 22.9 Å². The van der Waals surface area contributed by atoms with Gasteiger partial charge in [0.2, 0.25) is 0 Å². The first kappa shape index (κ1) is 13.3. The number of benzene rings is 1. The Bertz CT molecular complexity index is 387. The molecule has 2 rings (SSSR count). The van der Waals surface area contributed by atoms with E-state index >= 15 is 0 Å². The second kappa shape index (κ2) is 6.18. The molecule has 0 bridgehead atoms. The summed E-state index contributed by atoms with van der Waals surface area (Å²) in [6.07, 6.45) is 0. The van der Waals surface area contributed by atoms with Crippen LogP contribution in [0.5, 0.6) is 5.75 Å². The number of rotatable bonds is 4. The van der Waals surface area contributed by atoms with E-state index in [-0.39, 0.29) is 0 Å². The molecule has 4 nitrogen and oxygen atoms in total. The number of nitrogens with zero attached hydrogens (tertiary/aromatic N) is 2. The molecule has 0 radical (unpaired) electrons. The minimum absolute atomic E-state index is 0.583. The first-order valence-corrected chi connectivity index (χ1v) is 6.49. The summed E-state index contributed by atoms with van der Waals surface area (Å²) in [7, 11) is 3.90. The molecule has 0 amide bonds. The lowest BCUT2D eigenvalue weighted by molar-refractivity contribution is 0.147. The molecule has 0 saturated carbocycles. The van der Waals surface area contributed by atoms with Crippen molar-refractivity contribution in [1.82, 2.24) is 9.80 Å². The fourth-order valence-corrected chi connectivity index (χ4v) is 2.33. The van der Waals surface area contributed by atoms with Crippen LogP contribution in [0.25, 0.3) is 0 Å².